The number of sulfone groups is 1. The first kappa shape index (κ1) is 15.3. The van der Waals surface area contributed by atoms with Crippen LogP contribution in [0.4, 0.5) is 5.69 Å². The smallest absolute Gasteiger partial charge is 0.233 e. The molecule has 6 nitrogen and oxygen atoms in total. The Hall–Kier alpha value is -0.800. The fraction of sp³-hybridized carbons (Fsp3) is 0.333. The Morgan fingerprint density at radius 2 is 1.83 bits per heavy atom. The maximum atomic E-state index is 11.6. The van der Waals surface area contributed by atoms with Gasteiger partial charge in [0.15, 0.2) is 0 Å². The standard InChI is InChI=1S/C9H12BrNO5S2/c1-17(13,14)4-5-18(15,16)11-8-6-7(10)2-3-9(8)12/h2-3,6,11-12H,4-5H2,1H3. The zero-order chi connectivity index (χ0) is 14.0. The summed E-state index contributed by atoms with van der Waals surface area (Å²) >= 11 is 3.13. The van der Waals surface area contributed by atoms with Gasteiger partial charge in [0.1, 0.15) is 15.6 Å². The number of nitrogens with one attached hydrogen (secondary N) is 1. The van der Waals surface area contributed by atoms with Gasteiger partial charge in [-0.1, -0.05) is 15.9 Å². The lowest BCUT2D eigenvalue weighted by Crippen LogP contribution is -2.22. The number of phenolic OH excluding ortho intramolecular Hbond substituents is 1. The van der Waals surface area contributed by atoms with Crippen molar-refractivity contribution in [2.45, 2.75) is 0 Å². The molecular weight excluding hydrogens is 346 g/mol. The van der Waals surface area contributed by atoms with Crippen molar-refractivity contribution in [2.75, 3.05) is 22.5 Å². The number of rotatable bonds is 5. The summed E-state index contributed by atoms with van der Waals surface area (Å²) in [5.41, 5.74) is -0.00197. The van der Waals surface area contributed by atoms with Gasteiger partial charge in [0.2, 0.25) is 10.0 Å². The molecule has 0 saturated carbocycles. The van der Waals surface area contributed by atoms with E-state index >= 15 is 0 Å². The van der Waals surface area contributed by atoms with Gasteiger partial charge in [0.25, 0.3) is 0 Å². The lowest BCUT2D eigenvalue weighted by molar-refractivity contribution is 0.477. The van der Waals surface area contributed by atoms with E-state index in [1.54, 1.807) is 6.07 Å². The largest absolute Gasteiger partial charge is 0.506 e. The maximum absolute atomic E-state index is 11.6. The van der Waals surface area contributed by atoms with Crippen molar-refractivity contribution in [1.29, 1.82) is 0 Å². The van der Waals surface area contributed by atoms with E-state index in [1.165, 1.54) is 12.1 Å². The summed E-state index contributed by atoms with van der Waals surface area (Å²) in [5, 5.41) is 9.46. The normalized spacial score (nSPS) is 12.3. The van der Waals surface area contributed by atoms with Gasteiger partial charge in [0, 0.05) is 10.7 Å². The summed E-state index contributed by atoms with van der Waals surface area (Å²) in [6.45, 7) is 0. The van der Waals surface area contributed by atoms with Crippen LogP contribution in [-0.2, 0) is 19.9 Å². The molecule has 0 spiro atoms. The van der Waals surface area contributed by atoms with Crippen LogP contribution in [0.5, 0.6) is 5.75 Å². The summed E-state index contributed by atoms with van der Waals surface area (Å²) in [4.78, 5) is 0. The summed E-state index contributed by atoms with van der Waals surface area (Å²) < 4.78 is 47.7. The molecule has 18 heavy (non-hydrogen) atoms. The Morgan fingerprint density at radius 1 is 1.22 bits per heavy atom. The molecule has 0 amide bonds. The SMILES string of the molecule is CS(=O)(=O)CCS(=O)(=O)Nc1cc(Br)ccc1O. The van der Waals surface area contributed by atoms with Crippen LogP contribution >= 0.6 is 15.9 Å². The summed E-state index contributed by atoms with van der Waals surface area (Å²) in [6.07, 6.45) is 0.957. The highest BCUT2D eigenvalue weighted by Gasteiger charge is 2.16. The molecule has 1 rings (SSSR count). The lowest BCUT2D eigenvalue weighted by atomic mass is 10.3. The van der Waals surface area contributed by atoms with Crippen LogP contribution in [0.1, 0.15) is 0 Å². The van der Waals surface area contributed by atoms with Crippen molar-refractivity contribution in [1.82, 2.24) is 0 Å². The minimum absolute atomic E-state index is 0.00197. The van der Waals surface area contributed by atoms with Crippen molar-refractivity contribution >= 4 is 41.5 Å². The first-order chi connectivity index (χ1) is 8.09. The molecule has 0 fully saturated rings. The zero-order valence-corrected chi connectivity index (χ0v) is 12.6. The van der Waals surface area contributed by atoms with E-state index in [1.807, 2.05) is 0 Å². The lowest BCUT2D eigenvalue weighted by Gasteiger charge is -2.09. The van der Waals surface area contributed by atoms with Gasteiger partial charge in [-0.25, -0.2) is 16.8 Å². The van der Waals surface area contributed by atoms with Crippen LogP contribution in [0.25, 0.3) is 0 Å². The van der Waals surface area contributed by atoms with Crippen LogP contribution in [0.15, 0.2) is 22.7 Å². The molecule has 9 heteroatoms. The van der Waals surface area contributed by atoms with Gasteiger partial charge in [0.05, 0.1) is 17.2 Å². The van der Waals surface area contributed by atoms with Gasteiger partial charge >= 0.3 is 0 Å². The number of hydrogen-bond acceptors (Lipinski definition) is 5. The molecule has 0 aliphatic heterocycles. The molecule has 0 bridgehead atoms. The van der Waals surface area contributed by atoms with Gasteiger partial charge in [-0.3, -0.25) is 4.72 Å². The highest BCUT2D eigenvalue weighted by molar-refractivity contribution is 9.10. The average Bonchev–Trinajstić information content (AvgIpc) is 2.20. The van der Waals surface area contributed by atoms with Crippen LogP contribution in [0.2, 0.25) is 0 Å². The molecule has 0 aliphatic rings. The third-order valence-corrected chi connectivity index (χ3v) is 4.92. The fourth-order valence-corrected chi connectivity index (χ4v) is 4.12. The average molecular weight is 358 g/mol. The molecule has 2 N–H and O–H groups in total. The van der Waals surface area contributed by atoms with Gasteiger partial charge in [-0.15, -0.1) is 0 Å². The van der Waals surface area contributed by atoms with Gasteiger partial charge < -0.3 is 5.11 Å². The number of phenols is 1. The number of sulfonamides is 1. The molecule has 0 saturated heterocycles. The quantitative estimate of drug-likeness (QED) is 0.763. The first-order valence-electron chi connectivity index (χ1n) is 4.76. The topological polar surface area (TPSA) is 101 Å². The summed E-state index contributed by atoms with van der Waals surface area (Å²) in [7, 11) is -7.18. The molecule has 1 aromatic carbocycles. The number of hydrogen-bond donors (Lipinski definition) is 2. The van der Waals surface area contributed by atoms with Crippen LogP contribution < -0.4 is 4.72 Å². The molecule has 0 atom stereocenters. The first-order valence-corrected chi connectivity index (χ1v) is 9.26. The molecule has 0 aliphatic carbocycles. The molecule has 0 aromatic heterocycles. The number of halogens is 1. The van der Waals surface area contributed by atoms with Crippen LogP contribution in [0.3, 0.4) is 0 Å². The molecule has 1 aromatic rings. The van der Waals surface area contributed by atoms with E-state index < -0.39 is 31.4 Å². The fourth-order valence-electron chi connectivity index (χ4n) is 1.07. The van der Waals surface area contributed by atoms with E-state index in [4.69, 9.17) is 0 Å². The van der Waals surface area contributed by atoms with Crippen LogP contribution in [0, 0.1) is 0 Å². The van der Waals surface area contributed by atoms with E-state index in [0.29, 0.717) is 4.47 Å². The van der Waals surface area contributed by atoms with Gasteiger partial charge in [-0.2, -0.15) is 0 Å². The maximum Gasteiger partial charge on any atom is 0.233 e. The molecule has 102 valence electrons. The second kappa shape index (κ2) is 5.45. The van der Waals surface area contributed by atoms with E-state index in [0.717, 1.165) is 6.26 Å². The second-order valence-corrected chi connectivity index (χ2v) is 8.73. The molecule has 0 radical (unpaired) electrons. The van der Waals surface area contributed by atoms with Crippen molar-refractivity contribution < 1.29 is 21.9 Å². The van der Waals surface area contributed by atoms with Crippen LogP contribution in [-0.4, -0.2) is 39.7 Å². The molecular formula is C9H12BrNO5S2. The minimum atomic E-state index is -3.82. The number of benzene rings is 1. The predicted octanol–water partition coefficient (Wildman–Crippen LogP) is 0.941. The van der Waals surface area contributed by atoms with Crippen molar-refractivity contribution in [3.05, 3.63) is 22.7 Å². The van der Waals surface area contributed by atoms with E-state index in [2.05, 4.69) is 20.7 Å². The third-order valence-electron chi connectivity index (χ3n) is 1.95. The number of anilines is 1. The Morgan fingerprint density at radius 3 is 2.39 bits per heavy atom. The monoisotopic (exact) mass is 357 g/mol. The minimum Gasteiger partial charge on any atom is -0.506 e. The van der Waals surface area contributed by atoms with E-state index in [9.17, 15) is 21.9 Å². The Kier molecular flexibility index (Phi) is 4.62. The summed E-state index contributed by atoms with van der Waals surface area (Å²) in [6, 6.07) is 4.25. The van der Waals surface area contributed by atoms with Gasteiger partial charge in [-0.05, 0) is 18.2 Å². The second-order valence-electron chi connectivity index (χ2n) is 3.71. The zero-order valence-electron chi connectivity index (χ0n) is 9.42. The molecule has 0 unspecified atom stereocenters. The Labute approximate surface area is 114 Å². The Balaban J connectivity index is 2.86. The highest BCUT2D eigenvalue weighted by atomic mass is 79.9. The van der Waals surface area contributed by atoms with Crippen molar-refractivity contribution in [3.8, 4) is 5.75 Å². The van der Waals surface area contributed by atoms with Crippen molar-refractivity contribution in [2.24, 2.45) is 0 Å². The third kappa shape index (κ3) is 5.23. The highest BCUT2D eigenvalue weighted by Crippen LogP contribution is 2.27. The Bertz CT molecular complexity index is 639. The van der Waals surface area contributed by atoms with E-state index in [-0.39, 0.29) is 11.4 Å². The molecule has 0 heterocycles. The van der Waals surface area contributed by atoms with Crippen molar-refractivity contribution in [3.63, 3.8) is 0 Å². The summed E-state index contributed by atoms with van der Waals surface area (Å²) in [5.74, 6) is -1.27. The predicted molar refractivity (Wildman–Crippen MR) is 72.9 cm³/mol. The number of aromatic hydroxyl groups is 1.